The van der Waals surface area contributed by atoms with Gasteiger partial charge in [0.1, 0.15) is 12.0 Å². The molecule has 1 unspecified atom stereocenters. The lowest BCUT2D eigenvalue weighted by Crippen LogP contribution is -2.33. The third-order valence-electron chi connectivity index (χ3n) is 9.74. The number of fused-ring (bicyclic) bond motifs is 6. The summed E-state index contributed by atoms with van der Waals surface area (Å²) in [5, 5.41) is 8.51. The molecule has 0 spiro atoms. The molecule has 1 atom stereocenters. The molecule has 0 saturated carbocycles. The van der Waals surface area contributed by atoms with E-state index < -0.39 is 0 Å². The molecular formula is C45H31N5. The van der Waals surface area contributed by atoms with Crippen molar-refractivity contribution in [2.75, 3.05) is 0 Å². The number of aliphatic imine (C=N–C) groups is 2. The maximum Gasteiger partial charge on any atom is 0.159 e. The van der Waals surface area contributed by atoms with Crippen LogP contribution in [-0.2, 0) is 0 Å². The van der Waals surface area contributed by atoms with E-state index in [1.165, 1.54) is 21.5 Å². The molecule has 7 aromatic carbocycles. The molecule has 0 amide bonds. The zero-order valence-electron chi connectivity index (χ0n) is 27.1. The fourth-order valence-electron chi connectivity index (χ4n) is 7.51. The molecule has 1 aliphatic rings. The average molecular weight is 642 g/mol. The minimum absolute atomic E-state index is 0.299. The van der Waals surface area contributed by atoms with Crippen LogP contribution in [0, 0.1) is 0 Å². The summed E-state index contributed by atoms with van der Waals surface area (Å²) in [4.78, 5) is 10.5. The quantitative estimate of drug-likeness (QED) is 0.200. The third kappa shape index (κ3) is 4.55. The number of hydrogen-bond donors (Lipinski definition) is 1. The first-order chi connectivity index (χ1) is 24.8. The van der Waals surface area contributed by atoms with E-state index in [0.717, 1.165) is 56.0 Å². The van der Waals surface area contributed by atoms with E-state index in [9.17, 15) is 0 Å². The van der Waals surface area contributed by atoms with Gasteiger partial charge in [0.15, 0.2) is 5.84 Å². The van der Waals surface area contributed by atoms with Gasteiger partial charge in [0, 0.05) is 44.0 Å². The summed E-state index contributed by atoms with van der Waals surface area (Å²) in [6.07, 6.45) is -0.299. The van der Waals surface area contributed by atoms with Crippen molar-refractivity contribution in [3.8, 4) is 11.4 Å². The molecule has 50 heavy (non-hydrogen) atoms. The second kappa shape index (κ2) is 11.5. The highest BCUT2D eigenvalue weighted by atomic mass is 15.2. The lowest BCUT2D eigenvalue weighted by molar-refractivity contribution is 0.674. The smallest absolute Gasteiger partial charge is 0.159 e. The Morgan fingerprint density at radius 3 is 1.32 bits per heavy atom. The highest BCUT2D eigenvalue weighted by Crippen LogP contribution is 2.36. The maximum absolute atomic E-state index is 5.29. The van der Waals surface area contributed by atoms with E-state index >= 15 is 0 Å². The lowest BCUT2D eigenvalue weighted by atomic mass is 10.1. The molecule has 0 radical (unpaired) electrons. The number of para-hydroxylation sites is 4. The number of benzene rings is 7. The Hall–Kier alpha value is -6.72. The monoisotopic (exact) mass is 641 g/mol. The Bertz CT molecular complexity index is 2550. The van der Waals surface area contributed by atoms with Gasteiger partial charge >= 0.3 is 0 Å². The van der Waals surface area contributed by atoms with Gasteiger partial charge in [-0.05, 0) is 48.0 Å². The molecule has 5 heteroatoms. The molecule has 3 heterocycles. The summed E-state index contributed by atoms with van der Waals surface area (Å²) in [7, 11) is 0. The van der Waals surface area contributed by atoms with Crippen molar-refractivity contribution >= 4 is 55.3 Å². The van der Waals surface area contributed by atoms with Crippen LogP contribution in [0.1, 0.15) is 22.9 Å². The van der Waals surface area contributed by atoms with Gasteiger partial charge in [-0.3, -0.25) is 0 Å². The summed E-state index contributed by atoms with van der Waals surface area (Å²) >= 11 is 0. The van der Waals surface area contributed by atoms with E-state index in [1.54, 1.807) is 0 Å². The van der Waals surface area contributed by atoms with Crippen LogP contribution in [0.3, 0.4) is 0 Å². The molecule has 0 fully saturated rings. The first kappa shape index (κ1) is 28.3. The van der Waals surface area contributed by atoms with Crippen LogP contribution in [0.25, 0.3) is 55.0 Å². The predicted octanol–water partition coefficient (Wildman–Crippen LogP) is 10.4. The number of nitrogens with zero attached hydrogens (tertiary/aromatic N) is 4. The van der Waals surface area contributed by atoms with E-state index in [-0.39, 0.29) is 6.17 Å². The average Bonchev–Trinajstić information content (AvgIpc) is 3.71. The van der Waals surface area contributed by atoms with E-state index in [4.69, 9.17) is 9.98 Å². The van der Waals surface area contributed by atoms with Gasteiger partial charge in [0.2, 0.25) is 0 Å². The molecule has 236 valence electrons. The number of nitrogens with one attached hydrogen (secondary N) is 1. The zero-order chi connectivity index (χ0) is 33.0. The maximum atomic E-state index is 5.29. The predicted molar refractivity (Wildman–Crippen MR) is 207 cm³/mol. The Morgan fingerprint density at radius 1 is 0.420 bits per heavy atom. The Kier molecular flexibility index (Phi) is 6.49. The van der Waals surface area contributed by atoms with Crippen LogP contribution in [0.2, 0.25) is 0 Å². The number of hydrogen-bond acceptors (Lipinski definition) is 3. The second-order valence-corrected chi connectivity index (χ2v) is 12.7. The first-order valence-corrected chi connectivity index (χ1v) is 17.0. The summed E-state index contributed by atoms with van der Waals surface area (Å²) in [6, 6.07) is 62.1. The number of amidine groups is 2. The summed E-state index contributed by atoms with van der Waals surface area (Å²) in [5.41, 5.74) is 9.75. The Morgan fingerprint density at radius 2 is 0.840 bits per heavy atom. The van der Waals surface area contributed by atoms with Gasteiger partial charge in [0.05, 0.1) is 22.1 Å². The summed E-state index contributed by atoms with van der Waals surface area (Å²) in [6.45, 7) is 0. The SMILES string of the molecule is c1ccc(C2=NC(c3cc(-n4c5ccccc5c5ccccc54)cc(-n4c5ccccc5c5ccccc54)c3)=NC(c3ccccc3)N2)cc1. The molecule has 0 saturated heterocycles. The fraction of sp³-hybridized carbons (Fsp3) is 0.0222. The van der Waals surface area contributed by atoms with Crippen LogP contribution in [0.5, 0.6) is 0 Å². The van der Waals surface area contributed by atoms with Crippen molar-refractivity contribution in [1.82, 2.24) is 14.5 Å². The molecule has 10 rings (SSSR count). The summed E-state index contributed by atoms with van der Waals surface area (Å²) < 4.78 is 4.76. The molecule has 1 N–H and O–H groups in total. The van der Waals surface area contributed by atoms with Crippen molar-refractivity contribution in [2.24, 2.45) is 9.98 Å². The van der Waals surface area contributed by atoms with Gasteiger partial charge in [0.25, 0.3) is 0 Å². The highest BCUT2D eigenvalue weighted by molar-refractivity contribution is 6.14. The topological polar surface area (TPSA) is 46.6 Å². The van der Waals surface area contributed by atoms with Crippen molar-refractivity contribution in [3.63, 3.8) is 0 Å². The van der Waals surface area contributed by atoms with Gasteiger partial charge in [-0.1, -0.05) is 133 Å². The van der Waals surface area contributed by atoms with Crippen LogP contribution in [0.4, 0.5) is 0 Å². The van der Waals surface area contributed by atoms with Gasteiger partial charge in [-0.15, -0.1) is 0 Å². The van der Waals surface area contributed by atoms with E-state index in [0.29, 0.717) is 5.84 Å². The molecule has 0 bridgehead atoms. The number of aromatic nitrogens is 2. The van der Waals surface area contributed by atoms with Crippen LogP contribution in [-0.4, -0.2) is 20.8 Å². The molecule has 1 aliphatic heterocycles. The lowest BCUT2D eigenvalue weighted by Gasteiger charge is -2.24. The van der Waals surface area contributed by atoms with Crippen molar-refractivity contribution in [3.05, 3.63) is 193 Å². The van der Waals surface area contributed by atoms with Crippen molar-refractivity contribution in [1.29, 1.82) is 0 Å². The second-order valence-electron chi connectivity index (χ2n) is 12.7. The summed E-state index contributed by atoms with van der Waals surface area (Å²) in [5.74, 6) is 1.48. The van der Waals surface area contributed by atoms with Crippen LogP contribution >= 0.6 is 0 Å². The third-order valence-corrected chi connectivity index (χ3v) is 9.74. The molecule has 9 aromatic rings. The molecule has 0 aliphatic carbocycles. The van der Waals surface area contributed by atoms with Gasteiger partial charge in [-0.2, -0.15) is 0 Å². The van der Waals surface area contributed by atoms with Gasteiger partial charge < -0.3 is 14.5 Å². The van der Waals surface area contributed by atoms with Crippen LogP contribution < -0.4 is 5.32 Å². The molecular weight excluding hydrogens is 611 g/mol. The molecule has 5 nitrogen and oxygen atoms in total. The standard InChI is InChI=1S/C45H31N5/c1-3-15-30(16-4-1)43-46-44(31-17-5-2-6-18-31)48-45(47-43)32-27-33(49-39-23-11-7-19-35(39)36-20-8-12-24-40(36)49)29-34(28-32)50-41-25-13-9-21-37(41)38-22-10-14-26-42(38)50/h1-29,43H,(H,46,47,48). The zero-order valence-corrected chi connectivity index (χ0v) is 27.1. The Balaban J connectivity index is 1.28. The van der Waals surface area contributed by atoms with Gasteiger partial charge in [-0.25, -0.2) is 9.98 Å². The highest BCUT2D eigenvalue weighted by Gasteiger charge is 2.23. The minimum Gasteiger partial charge on any atom is -0.344 e. The minimum atomic E-state index is -0.299. The fourth-order valence-corrected chi connectivity index (χ4v) is 7.51. The normalized spacial score (nSPS) is 14.6. The van der Waals surface area contributed by atoms with E-state index in [2.05, 4.69) is 166 Å². The van der Waals surface area contributed by atoms with Crippen molar-refractivity contribution < 1.29 is 0 Å². The van der Waals surface area contributed by atoms with E-state index in [1.807, 2.05) is 24.3 Å². The Labute approximate surface area is 289 Å². The number of rotatable bonds is 5. The first-order valence-electron chi connectivity index (χ1n) is 17.0. The largest absolute Gasteiger partial charge is 0.344 e. The van der Waals surface area contributed by atoms with Crippen LogP contribution in [0.15, 0.2) is 186 Å². The molecule has 2 aromatic heterocycles. The van der Waals surface area contributed by atoms with Crippen molar-refractivity contribution in [2.45, 2.75) is 6.17 Å².